The van der Waals surface area contributed by atoms with Crippen LogP contribution in [-0.4, -0.2) is 16.9 Å². The monoisotopic (exact) mass is 194 g/mol. The zero-order valence-corrected chi connectivity index (χ0v) is 8.41. The number of rotatable bonds is 2. The molecule has 0 bridgehead atoms. The fourth-order valence-corrected chi connectivity index (χ4v) is 1.94. The highest BCUT2D eigenvalue weighted by atomic mass is 16.4. The number of carboxylic acids is 1. The maximum absolute atomic E-state index is 11.5. The highest BCUT2D eigenvalue weighted by Gasteiger charge is 2.32. The Morgan fingerprint density at radius 1 is 1.50 bits per heavy atom. The van der Waals surface area contributed by atoms with Crippen molar-refractivity contribution >= 4 is 11.8 Å². The summed E-state index contributed by atoms with van der Waals surface area (Å²) in [5.41, 5.74) is 1.58. The molecule has 1 rings (SSSR count). The number of ketones is 1. The summed E-state index contributed by atoms with van der Waals surface area (Å²) in [6.45, 7) is 3.65. The minimum Gasteiger partial charge on any atom is -0.481 e. The second kappa shape index (κ2) is 4.22. The second-order valence-corrected chi connectivity index (χ2v) is 3.37. The van der Waals surface area contributed by atoms with Crippen LogP contribution in [0.1, 0.15) is 26.7 Å². The molecule has 1 fully saturated rings. The van der Waals surface area contributed by atoms with Crippen LogP contribution in [0.25, 0.3) is 0 Å². The predicted octanol–water partition coefficient (Wildman–Crippen LogP) is 1.94. The van der Waals surface area contributed by atoms with Crippen molar-refractivity contribution in [1.82, 2.24) is 0 Å². The van der Waals surface area contributed by atoms with Gasteiger partial charge in [-0.15, -0.1) is 0 Å². The van der Waals surface area contributed by atoms with Crippen molar-refractivity contribution in [3.05, 3.63) is 23.3 Å². The molecule has 1 N–H and O–H groups in total. The molecule has 3 nitrogen and oxygen atoms in total. The fourth-order valence-electron chi connectivity index (χ4n) is 1.94. The molecule has 1 atom stereocenters. The van der Waals surface area contributed by atoms with E-state index in [9.17, 15) is 9.59 Å². The van der Waals surface area contributed by atoms with E-state index >= 15 is 0 Å². The van der Waals surface area contributed by atoms with Crippen molar-refractivity contribution in [2.24, 2.45) is 5.92 Å². The maximum atomic E-state index is 11.5. The van der Waals surface area contributed by atoms with Crippen molar-refractivity contribution in [1.29, 1.82) is 0 Å². The molecule has 1 saturated carbocycles. The first kappa shape index (κ1) is 10.7. The van der Waals surface area contributed by atoms with Crippen LogP contribution in [0.3, 0.4) is 0 Å². The van der Waals surface area contributed by atoms with E-state index in [4.69, 9.17) is 5.11 Å². The molecule has 14 heavy (non-hydrogen) atoms. The molecule has 76 valence electrons. The van der Waals surface area contributed by atoms with Crippen molar-refractivity contribution in [2.45, 2.75) is 26.7 Å². The summed E-state index contributed by atoms with van der Waals surface area (Å²) in [4.78, 5) is 22.0. The molecule has 0 spiro atoms. The third-order valence-electron chi connectivity index (χ3n) is 2.50. The van der Waals surface area contributed by atoms with Crippen LogP contribution in [0.2, 0.25) is 0 Å². The van der Waals surface area contributed by atoms with Gasteiger partial charge in [-0.3, -0.25) is 9.59 Å². The first-order valence-corrected chi connectivity index (χ1v) is 4.68. The normalized spacial score (nSPS) is 27.6. The van der Waals surface area contributed by atoms with Gasteiger partial charge < -0.3 is 5.11 Å². The van der Waals surface area contributed by atoms with Crippen LogP contribution in [0.4, 0.5) is 0 Å². The molecular formula is C11H14O3. The number of hydrogen-bond acceptors (Lipinski definition) is 2. The van der Waals surface area contributed by atoms with Gasteiger partial charge in [0.2, 0.25) is 0 Å². The molecule has 1 aliphatic carbocycles. The third kappa shape index (κ3) is 1.92. The van der Waals surface area contributed by atoms with Crippen LogP contribution in [-0.2, 0) is 9.59 Å². The zero-order valence-electron chi connectivity index (χ0n) is 8.41. The molecular weight excluding hydrogens is 180 g/mol. The van der Waals surface area contributed by atoms with Gasteiger partial charge in [0.25, 0.3) is 0 Å². The molecule has 0 saturated heterocycles. The predicted molar refractivity (Wildman–Crippen MR) is 52.9 cm³/mol. The first-order valence-electron chi connectivity index (χ1n) is 4.68. The second-order valence-electron chi connectivity index (χ2n) is 3.37. The molecule has 0 aromatic heterocycles. The molecule has 0 radical (unpaired) electrons. The van der Waals surface area contributed by atoms with Crippen LogP contribution in [0, 0.1) is 5.92 Å². The Labute approximate surface area is 83.1 Å². The largest absolute Gasteiger partial charge is 0.481 e. The average Bonchev–Trinajstić information content (AvgIpc) is 2.39. The van der Waals surface area contributed by atoms with Crippen molar-refractivity contribution < 1.29 is 14.7 Å². The van der Waals surface area contributed by atoms with Crippen LogP contribution < -0.4 is 0 Å². The van der Waals surface area contributed by atoms with E-state index < -0.39 is 5.97 Å². The fraction of sp³-hybridized carbons (Fsp3) is 0.455. The summed E-state index contributed by atoms with van der Waals surface area (Å²) in [6.07, 6.45) is 3.99. The Balaban J connectivity index is 2.92. The highest BCUT2D eigenvalue weighted by Crippen LogP contribution is 2.35. The van der Waals surface area contributed by atoms with Gasteiger partial charge in [-0.2, -0.15) is 0 Å². The number of aliphatic carboxylic acids is 1. The molecule has 0 aromatic carbocycles. The van der Waals surface area contributed by atoms with Crippen LogP contribution in [0.5, 0.6) is 0 Å². The smallest absolute Gasteiger partial charge is 0.303 e. The van der Waals surface area contributed by atoms with Gasteiger partial charge in [0.15, 0.2) is 5.78 Å². The maximum Gasteiger partial charge on any atom is 0.303 e. The molecule has 1 aliphatic rings. The Hall–Kier alpha value is -1.38. The molecule has 0 aromatic rings. The Kier molecular flexibility index (Phi) is 3.23. The molecule has 0 heterocycles. The van der Waals surface area contributed by atoms with E-state index in [2.05, 4.69) is 0 Å². The van der Waals surface area contributed by atoms with Crippen LogP contribution in [0.15, 0.2) is 23.3 Å². The molecule has 0 amide bonds. The van der Waals surface area contributed by atoms with E-state index in [1.165, 1.54) is 0 Å². The number of carbonyl (C=O) groups excluding carboxylic acids is 1. The van der Waals surface area contributed by atoms with Gasteiger partial charge in [0.1, 0.15) is 0 Å². The zero-order chi connectivity index (χ0) is 10.7. The lowest BCUT2D eigenvalue weighted by Gasteiger charge is -2.07. The SMILES string of the molecule is C/C=C1\C(=C/C)C(=O)C[C@H]1CC(=O)O. The summed E-state index contributed by atoms with van der Waals surface area (Å²) in [5, 5.41) is 8.67. The van der Waals surface area contributed by atoms with E-state index in [1.807, 2.05) is 13.0 Å². The number of carbonyl (C=O) groups is 2. The summed E-state index contributed by atoms with van der Waals surface area (Å²) in [7, 11) is 0. The van der Waals surface area contributed by atoms with Crippen molar-refractivity contribution in [3.63, 3.8) is 0 Å². The average molecular weight is 194 g/mol. The quantitative estimate of drug-likeness (QED) is 0.683. The molecule has 0 aliphatic heterocycles. The van der Waals surface area contributed by atoms with E-state index in [0.717, 1.165) is 5.57 Å². The van der Waals surface area contributed by atoms with Gasteiger partial charge in [0.05, 0.1) is 6.42 Å². The van der Waals surface area contributed by atoms with Crippen LogP contribution >= 0.6 is 0 Å². The number of allylic oxidation sites excluding steroid dienone is 4. The Morgan fingerprint density at radius 3 is 2.57 bits per heavy atom. The standard InChI is InChI=1S/C11H14O3/c1-3-8-7(6-11(13)14)5-10(12)9(8)4-2/h3-4,7H,5-6H2,1-2H3,(H,13,14)/b8-3-,9-4+/t7-/m0/s1. The minimum atomic E-state index is -0.848. The van der Waals surface area contributed by atoms with Crippen molar-refractivity contribution in [3.8, 4) is 0 Å². The summed E-state index contributed by atoms with van der Waals surface area (Å²) >= 11 is 0. The molecule has 0 unspecified atom stereocenters. The topological polar surface area (TPSA) is 54.4 Å². The minimum absolute atomic E-state index is 0.0444. The lowest BCUT2D eigenvalue weighted by molar-refractivity contribution is -0.137. The lowest BCUT2D eigenvalue weighted by atomic mass is 9.97. The van der Waals surface area contributed by atoms with Gasteiger partial charge in [0, 0.05) is 17.9 Å². The third-order valence-corrected chi connectivity index (χ3v) is 2.50. The summed E-state index contributed by atoms with van der Waals surface area (Å²) in [6, 6.07) is 0. The highest BCUT2D eigenvalue weighted by molar-refractivity contribution is 6.03. The van der Waals surface area contributed by atoms with Crippen molar-refractivity contribution in [2.75, 3.05) is 0 Å². The van der Waals surface area contributed by atoms with Gasteiger partial charge in [-0.25, -0.2) is 0 Å². The number of hydrogen-bond donors (Lipinski definition) is 1. The molecule has 3 heteroatoms. The van der Waals surface area contributed by atoms with E-state index in [0.29, 0.717) is 12.0 Å². The van der Waals surface area contributed by atoms with E-state index in [-0.39, 0.29) is 18.1 Å². The van der Waals surface area contributed by atoms with Gasteiger partial charge >= 0.3 is 5.97 Å². The Morgan fingerprint density at radius 2 is 2.14 bits per heavy atom. The first-order chi connectivity index (χ1) is 6.60. The van der Waals surface area contributed by atoms with E-state index in [1.54, 1.807) is 13.0 Å². The number of Topliss-reactive ketones (excluding diaryl/α,β-unsaturated/α-hetero) is 1. The van der Waals surface area contributed by atoms with Gasteiger partial charge in [-0.05, 0) is 19.4 Å². The van der Waals surface area contributed by atoms with Gasteiger partial charge in [-0.1, -0.05) is 12.2 Å². The lowest BCUT2D eigenvalue weighted by Crippen LogP contribution is -2.06. The number of carboxylic acid groups (broad SMARTS) is 1. The summed E-state index contributed by atoms with van der Waals surface area (Å²) < 4.78 is 0. The summed E-state index contributed by atoms with van der Waals surface area (Å²) in [5.74, 6) is -0.914. The Bertz CT molecular complexity index is 323.